The van der Waals surface area contributed by atoms with E-state index in [1.807, 2.05) is 0 Å². The zero-order valence-corrected chi connectivity index (χ0v) is 34.9. The number of carbonyl (C=O) groups excluding carboxylic acids is 3. The summed E-state index contributed by atoms with van der Waals surface area (Å²) in [5.74, 6) is 1.50. The van der Waals surface area contributed by atoms with Gasteiger partial charge in [-0.25, -0.2) is 0 Å². The van der Waals surface area contributed by atoms with E-state index < -0.39 is 6.10 Å². The fourth-order valence-electron chi connectivity index (χ4n) is 6.52. The van der Waals surface area contributed by atoms with Gasteiger partial charge in [0.1, 0.15) is 13.2 Å². The molecule has 0 unspecified atom stereocenters. The van der Waals surface area contributed by atoms with E-state index in [4.69, 9.17) is 14.2 Å². The lowest BCUT2D eigenvalue weighted by atomic mass is 10.0. The predicted octanol–water partition coefficient (Wildman–Crippen LogP) is 13.7. The number of hydrogen-bond donors (Lipinski definition) is 0. The normalized spacial score (nSPS) is 12.2. The molecule has 0 heterocycles. The van der Waals surface area contributed by atoms with Gasteiger partial charge in [0.05, 0.1) is 0 Å². The van der Waals surface area contributed by atoms with Crippen molar-refractivity contribution in [1.82, 2.24) is 0 Å². The van der Waals surface area contributed by atoms with E-state index in [0.717, 1.165) is 75.5 Å². The van der Waals surface area contributed by atoms with Gasteiger partial charge in [-0.3, -0.25) is 14.4 Å². The first-order valence-electron chi connectivity index (χ1n) is 22.1. The van der Waals surface area contributed by atoms with Gasteiger partial charge in [-0.2, -0.15) is 0 Å². The maximum absolute atomic E-state index is 12.7. The molecule has 0 radical (unpaired) electrons. The van der Waals surface area contributed by atoms with Crippen LogP contribution in [0.25, 0.3) is 0 Å². The Morgan fingerprint density at radius 1 is 0.333 bits per heavy atom. The van der Waals surface area contributed by atoms with Crippen LogP contribution in [0.5, 0.6) is 0 Å². The molecule has 0 aromatic heterocycles. The van der Waals surface area contributed by atoms with Crippen molar-refractivity contribution in [2.24, 2.45) is 17.8 Å². The molecule has 0 rings (SSSR count). The highest BCUT2D eigenvalue weighted by Crippen LogP contribution is 2.16. The van der Waals surface area contributed by atoms with Crippen molar-refractivity contribution in [2.45, 2.75) is 240 Å². The topological polar surface area (TPSA) is 78.9 Å². The highest BCUT2D eigenvalue weighted by Gasteiger charge is 2.19. The summed E-state index contributed by atoms with van der Waals surface area (Å²) >= 11 is 0. The number of unbranched alkanes of at least 4 members (excludes halogenated alkanes) is 21. The standard InChI is InChI=1S/C45H86O6/c1-39(2)31-25-19-13-10-8-7-9-11-15-24-30-36-45(48)51-42(38-50-44(47)35-29-23-18-17-21-27-33-41(5)6)37-49-43(46)34-28-22-16-12-14-20-26-32-40(3)4/h39-42H,7-38H2,1-6H3/t42-/m1/s1. The summed E-state index contributed by atoms with van der Waals surface area (Å²) in [6.45, 7) is 13.6. The predicted molar refractivity (Wildman–Crippen MR) is 215 cm³/mol. The Morgan fingerprint density at radius 3 is 0.843 bits per heavy atom. The van der Waals surface area contributed by atoms with Gasteiger partial charge in [0.15, 0.2) is 6.10 Å². The lowest BCUT2D eigenvalue weighted by Crippen LogP contribution is -2.30. The zero-order chi connectivity index (χ0) is 37.8. The fraction of sp³-hybridized carbons (Fsp3) is 0.933. The zero-order valence-electron chi connectivity index (χ0n) is 34.9. The van der Waals surface area contributed by atoms with E-state index in [1.54, 1.807) is 0 Å². The van der Waals surface area contributed by atoms with Crippen molar-refractivity contribution >= 4 is 17.9 Å². The molecule has 302 valence electrons. The van der Waals surface area contributed by atoms with E-state index in [2.05, 4.69) is 41.5 Å². The Balaban J connectivity index is 4.33. The number of carbonyl (C=O) groups is 3. The van der Waals surface area contributed by atoms with Crippen LogP contribution in [0.3, 0.4) is 0 Å². The van der Waals surface area contributed by atoms with E-state index in [0.29, 0.717) is 19.3 Å². The van der Waals surface area contributed by atoms with E-state index in [-0.39, 0.29) is 31.1 Å². The summed E-state index contributed by atoms with van der Waals surface area (Å²) in [4.78, 5) is 37.6. The third-order valence-corrected chi connectivity index (χ3v) is 9.90. The highest BCUT2D eigenvalue weighted by molar-refractivity contribution is 5.71. The van der Waals surface area contributed by atoms with Crippen molar-refractivity contribution in [3.05, 3.63) is 0 Å². The number of ether oxygens (including phenoxy) is 3. The molecule has 0 aliphatic heterocycles. The van der Waals surface area contributed by atoms with Gasteiger partial charge >= 0.3 is 17.9 Å². The van der Waals surface area contributed by atoms with Crippen molar-refractivity contribution in [3.63, 3.8) is 0 Å². The van der Waals surface area contributed by atoms with Crippen LogP contribution in [0, 0.1) is 17.8 Å². The van der Waals surface area contributed by atoms with E-state index in [9.17, 15) is 14.4 Å². The first-order valence-corrected chi connectivity index (χ1v) is 22.1. The molecule has 0 fully saturated rings. The number of hydrogen-bond acceptors (Lipinski definition) is 6. The largest absolute Gasteiger partial charge is 0.462 e. The molecule has 0 spiro atoms. The second-order valence-corrected chi connectivity index (χ2v) is 16.8. The Hall–Kier alpha value is -1.59. The van der Waals surface area contributed by atoms with Crippen LogP contribution in [-0.4, -0.2) is 37.2 Å². The average molecular weight is 723 g/mol. The minimum atomic E-state index is -0.762. The smallest absolute Gasteiger partial charge is 0.306 e. The van der Waals surface area contributed by atoms with Crippen LogP contribution in [0.15, 0.2) is 0 Å². The third-order valence-electron chi connectivity index (χ3n) is 9.90. The molecule has 51 heavy (non-hydrogen) atoms. The van der Waals surface area contributed by atoms with Gasteiger partial charge in [0, 0.05) is 19.3 Å². The van der Waals surface area contributed by atoms with Crippen molar-refractivity contribution in [2.75, 3.05) is 13.2 Å². The van der Waals surface area contributed by atoms with Crippen LogP contribution in [-0.2, 0) is 28.6 Å². The van der Waals surface area contributed by atoms with Crippen LogP contribution in [0.2, 0.25) is 0 Å². The SMILES string of the molecule is CC(C)CCCCCCCCCCCCCC(=O)O[C@H](COC(=O)CCCCCCCCCC(C)C)COC(=O)CCCCCCCCC(C)C. The van der Waals surface area contributed by atoms with Gasteiger partial charge in [-0.05, 0) is 37.0 Å². The minimum Gasteiger partial charge on any atom is -0.462 e. The Morgan fingerprint density at radius 2 is 0.569 bits per heavy atom. The van der Waals surface area contributed by atoms with Crippen molar-refractivity contribution < 1.29 is 28.6 Å². The molecule has 6 heteroatoms. The van der Waals surface area contributed by atoms with Crippen LogP contribution >= 0.6 is 0 Å². The quantitative estimate of drug-likeness (QED) is 0.0359. The average Bonchev–Trinajstić information content (AvgIpc) is 3.07. The molecule has 0 saturated carbocycles. The maximum atomic E-state index is 12.7. The second kappa shape index (κ2) is 36.8. The molecular weight excluding hydrogens is 636 g/mol. The van der Waals surface area contributed by atoms with Crippen LogP contribution in [0.4, 0.5) is 0 Å². The Labute approximate surface area is 317 Å². The molecule has 0 saturated heterocycles. The van der Waals surface area contributed by atoms with Gasteiger partial charge in [-0.15, -0.1) is 0 Å². The van der Waals surface area contributed by atoms with Crippen molar-refractivity contribution in [1.29, 1.82) is 0 Å². The molecule has 0 N–H and O–H groups in total. The number of rotatable bonds is 38. The van der Waals surface area contributed by atoms with E-state index in [1.165, 1.54) is 116 Å². The summed E-state index contributed by atoms with van der Waals surface area (Å²) in [5, 5.41) is 0. The molecule has 0 aromatic rings. The Bertz CT molecular complexity index is 792. The molecule has 0 aliphatic carbocycles. The molecule has 0 bridgehead atoms. The second-order valence-electron chi connectivity index (χ2n) is 16.8. The molecule has 0 amide bonds. The minimum absolute atomic E-state index is 0.0677. The molecule has 1 atom stereocenters. The van der Waals surface area contributed by atoms with Crippen LogP contribution < -0.4 is 0 Å². The van der Waals surface area contributed by atoms with E-state index >= 15 is 0 Å². The monoisotopic (exact) mass is 723 g/mol. The first-order chi connectivity index (χ1) is 24.6. The summed E-state index contributed by atoms with van der Waals surface area (Å²) in [7, 11) is 0. The lowest BCUT2D eigenvalue weighted by molar-refractivity contribution is -0.167. The fourth-order valence-corrected chi connectivity index (χ4v) is 6.52. The summed E-state index contributed by atoms with van der Waals surface area (Å²) < 4.78 is 16.7. The molecule has 0 aliphatic rings. The van der Waals surface area contributed by atoms with Crippen molar-refractivity contribution in [3.8, 4) is 0 Å². The van der Waals surface area contributed by atoms with Gasteiger partial charge in [0.2, 0.25) is 0 Å². The maximum Gasteiger partial charge on any atom is 0.306 e. The summed E-state index contributed by atoms with van der Waals surface area (Å²) in [5.41, 5.74) is 0. The van der Waals surface area contributed by atoms with Crippen LogP contribution in [0.1, 0.15) is 234 Å². The Kier molecular flexibility index (Phi) is 35.6. The number of esters is 3. The molecule has 0 aromatic carbocycles. The molecule has 6 nitrogen and oxygen atoms in total. The van der Waals surface area contributed by atoms with Gasteiger partial charge in [0.25, 0.3) is 0 Å². The summed E-state index contributed by atoms with van der Waals surface area (Å²) in [6, 6.07) is 0. The lowest BCUT2D eigenvalue weighted by Gasteiger charge is -2.18. The summed E-state index contributed by atoms with van der Waals surface area (Å²) in [6.07, 6.45) is 32.5. The first kappa shape index (κ1) is 49.4. The van der Waals surface area contributed by atoms with Gasteiger partial charge < -0.3 is 14.2 Å². The third kappa shape index (κ3) is 39.5. The highest BCUT2D eigenvalue weighted by atomic mass is 16.6. The molecular formula is C45H86O6. The van der Waals surface area contributed by atoms with Gasteiger partial charge in [-0.1, -0.05) is 196 Å².